The summed E-state index contributed by atoms with van der Waals surface area (Å²) in [6.07, 6.45) is 3.36. The molecular formula is C20H23NO3. The van der Waals surface area contributed by atoms with Gasteiger partial charge in [0.25, 0.3) is 5.91 Å². The van der Waals surface area contributed by atoms with Gasteiger partial charge in [-0.25, -0.2) is 0 Å². The first-order valence-electron chi connectivity index (χ1n) is 8.05. The highest BCUT2D eigenvalue weighted by atomic mass is 16.5. The van der Waals surface area contributed by atoms with Crippen molar-refractivity contribution in [1.29, 1.82) is 0 Å². The lowest BCUT2D eigenvalue weighted by Crippen LogP contribution is -2.28. The molecule has 0 atom stereocenters. The second-order valence-electron chi connectivity index (χ2n) is 5.09. The molecular weight excluding hydrogens is 302 g/mol. The van der Waals surface area contributed by atoms with Gasteiger partial charge < -0.3 is 14.4 Å². The fourth-order valence-electron chi connectivity index (χ4n) is 2.39. The van der Waals surface area contributed by atoms with E-state index in [1.165, 1.54) is 0 Å². The van der Waals surface area contributed by atoms with Crippen molar-refractivity contribution in [3.63, 3.8) is 0 Å². The molecule has 0 aliphatic carbocycles. The third-order valence-electron chi connectivity index (χ3n) is 3.56. The van der Waals surface area contributed by atoms with E-state index in [1.54, 1.807) is 24.2 Å². The van der Waals surface area contributed by atoms with Crippen molar-refractivity contribution in [1.82, 2.24) is 0 Å². The lowest BCUT2D eigenvalue weighted by Gasteiger charge is -2.19. The molecule has 0 aliphatic heterocycles. The summed E-state index contributed by atoms with van der Waals surface area (Å²) in [4.78, 5) is 14.2. The molecule has 2 rings (SSSR count). The summed E-state index contributed by atoms with van der Waals surface area (Å²) in [7, 11) is 1.60. The minimum absolute atomic E-state index is 0.0587. The maximum Gasteiger partial charge on any atom is 0.250 e. The van der Waals surface area contributed by atoms with E-state index in [4.69, 9.17) is 9.47 Å². The van der Waals surface area contributed by atoms with Crippen LogP contribution in [0.15, 0.2) is 54.6 Å². The standard InChI is InChI=1S/C20H23NO3/c1-4-21(17-9-7-6-8-10-17)20(22)14-12-16-11-13-18(24-5-2)19(15-16)23-3/h6-15H,4-5H2,1-3H3/b14-12+. The number of amides is 1. The van der Waals surface area contributed by atoms with Crippen LogP contribution >= 0.6 is 0 Å². The molecule has 4 nitrogen and oxygen atoms in total. The molecule has 126 valence electrons. The molecule has 0 aliphatic rings. The van der Waals surface area contributed by atoms with Gasteiger partial charge in [0.2, 0.25) is 0 Å². The van der Waals surface area contributed by atoms with Crippen molar-refractivity contribution in [2.45, 2.75) is 13.8 Å². The van der Waals surface area contributed by atoms with Crippen molar-refractivity contribution in [2.24, 2.45) is 0 Å². The van der Waals surface area contributed by atoms with Gasteiger partial charge in [-0.2, -0.15) is 0 Å². The second kappa shape index (κ2) is 8.77. The van der Waals surface area contributed by atoms with Crippen LogP contribution in [0.5, 0.6) is 11.5 Å². The molecule has 2 aromatic carbocycles. The van der Waals surface area contributed by atoms with Crippen LogP contribution in [-0.2, 0) is 4.79 Å². The fraction of sp³-hybridized carbons (Fsp3) is 0.250. The smallest absolute Gasteiger partial charge is 0.250 e. The van der Waals surface area contributed by atoms with E-state index in [1.807, 2.05) is 62.4 Å². The third kappa shape index (κ3) is 4.38. The van der Waals surface area contributed by atoms with Crippen LogP contribution in [0.2, 0.25) is 0 Å². The Hall–Kier alpha value is -2.75. The first-order valence-corrected chi connectivity index (χ1v) is 8.05. The lowest BCUT2D eigenvalue weighted by atomic mass is 10.2. The molecule has 2 aromatic rings. The van der Waals surface area contributed by atoms with Crippen LogP contribution in [-0.4, -0.2) is 26.2 Å². The van der Waals surface area contributed by atoms with Crippen molar-refractivity contribution >= 4 is 17.7 Å². The molecule has 0 heterocycles. The quantitative estimate of drug-likeness (QED) is 0.718. The van der Waals surface area contributed by atoms with Crippen LogP contribution < -0.4 is 14.4 Å². The topological polar surface area (TPSA) is 38.8 Å². The monoisotopic (exact) mass is 325 g/mol. The van der Waals surface area contributed by atoms with E-state index in [0.29, 0.717) is 24.7 Å². The van der Waals surface area contributed by atoms with Crippen LogP contribution in [0, 0.1) is 0 Å². The average Bonchev–Trinajstić information content (AvgIpc) is 2.62. The SMILES string of the molecule is CCOc1ccc(/C=C/C(=O)N(CC)c2ccccc2)cc1OC. The minimum atomic E-state index is -0.0587. The van der Waals surface area contributed by atoms with Crippen molar-refractivity contribution in [3.8, 4) is 11.5 Å². The highest BCUT2D eigenvalue weighted by Crippen LogP contribution is 2.28. The van der Waals surface area contributed by atoms with Gasteiger partial charge in [-0.05, 0) is 49.8 Å². The zero-order valence-electron chi connectivity index (χ0n) is 14.4. The Balaban J connectivity index is 2.16. The summed E-state index contributed by atoms with van der Waals surface area (Å²) in [5.41, 5.74) is 1.77. The average molecular weight is 325 g/mol. The van der Waals surface area contributed by atoms with Gasteiger partial charge in [-0.1, -0.05) is 24.3 Å². The maximum absolute atomic E-state index is 12.5. The molecule has 0 unspecified atom stereocenters. The fourth-order valence-corrected chi connectivity index (χ4v) is 2.39. The third-order valence-corrected chi connectivity index (χ3v) is 3.56. The van der Waals surface area contributed by atoms with E-state index >= 15 is 0 Å². The van der Waals surface area contributed by atoms with Crippen LogP contribution in [0.25, 0.3) is 6.08 Å². The molecule has 24 heavy (non-hydrogen) atoms. The molecule has 0 spiro atoms. The number of nitrogens with zero attached hydrogens (tertiary/aromatic N) is 1. The van der Waals surface area contributed by atoms with Gasteiger partial charge in [0.05, 0.1) is 13.7 Å². The molecule has 0 aromatic heterocycles. The van der Waals surface area contributed by atoms with E-state index in [-0.39, 0.29) is 5.91 Å². The number of benzene rings is 2. The number of carbonyl (C=O) groups excluding carboxylic acids is 1. The molecule has 0 saturated carbocycles. The van der Waals surface area contributed by atoms with Crippen LogP contribution in [0.1, 0.15) is 19.4 Å². The molecule has 0 N–H and O–H groups in total. The molecule has 0 bridgehead atoms. The maximum atomic E-state index is 12.5. The highest BCUT2D eigenvalue weighted by molar-refractivity contribution is 6.03. The van der Waals surface area contributed by atoms with Crippen molar-refractivity contribution in [3.05, 3.63) is 60.2 Å². The van der Waals surface area contributed by atoms with Crippen molar-refractivity contribution < 1.29 is 14.3 Å². The van der Waals surface area contributed by atoms with Gasteiger partial charge in [-0.3, -0.25) is 4.79 Å². The van der Waals surface area contributed by atoms with Gasteiger partial charge in [-0.15, -0.1) is 0 Å². The molecule has 0 saturated heterocycles. The Morgan fingerprint density at radius 1 is 1.08 bits per heavy atom. The van der Waals surface area contributed by atoms with Crippen LogP contribution in [0.3, 0.4) is 0 Å². The number of ether oxygens (including phenoxy) is 2. The Morgan fingerprint density at radius 2 is 1.83 bits per heavy atom. The summed E-state index contributed by atoms with van der Waals surface area (Å²) in [5, 5.41) is 0. The Labute approximate surface area is 143 Å². The molecule has 0 radical (unpaired) electrons. The number of hydrogen-bond acceptors (Lipinski definition) is 3. The van der Waals surface area contributed by atoms with Gasteiger partial charge >= 0.3 is 0 Å². The van der Waals surface area contributed by atoms with E-state index in [0.717, 1.165) is 11.3 Å². The van der Waals surface area contributed by atoms with Crippen LogP contribution in [0.4, 0.5) is 5.69 Å². The molecule has 1 amide bonds. The first kappa shape index (κ1) is 17.6. The largest absolute Gasteiger partial charge is 0.493 e. The molecule has 0 fully saturated rings. The first-order chi connectivity index (χ1) is 11.7. The minimum Gasteiger partial charge on any atom is -0.493 e. The number of para-hydroxylation sites is 1. The number of methoxy groups -OCH3 is 1. The predicted octanol–water partition coefficient (Wildman–Crippen LogP) is 4.16. The van der Waals surface area contributed by atoms with E-state index in [2.05, 4.69) is 0 Å². The Morgan fingerprint density at radius 3 is 2.46 bits per heavy atom. The van der Waals surface area contributed by atoms with Gasteiger partial charge in [0.1, 0.15) is 0 Å². The number of likely N-dealkylation sites (N-methyl/N-ethyl adjacent to an activating group) is 1. The van der Waals surface area contributed by atoms with Crippen molar-refractivity contribution in [2.75, 3.05) is 25.2 Å². The predicted molar refractivity (Wildman–Crippen MR) is 97.7 cm³/mol. The summed E-state index contributed by atoms with van der Waals surface area (Å²) in [6.45, 7) is 5.07. The molecule has 4 heteroatoms. The number of rotatable bonds is 7. The number of anilines is 1. The van der Waals surface area contributed by atoms with Gasteiger partial charge in [0.15, 0.2) is 11.5 Å². The Kier molecular flexibility index (Phi) is 6.43. The normalized spacial score (nSPS) is 10.6. The number of hydrogen-bond donors (Lipinski definition) is 0. The summed E-state index contributed by atoms with van der Waals surface area (Å²) in [5.74, 6) is 1.29. The summed E-state index contributed by atoms with van der Waals surface area (Å²) < 4.78 is 10.8. The zero-order valence-corrected chi connectivity index (χ0v) is 14.4. The summed E-state index contributed by atoms with van der Waals surface area (Å²) in [6, 6.07) is 15.2. The summed E-state index contributed by atoms with van der Waals surface area (Å²) >= 11 is 0. The Bertz CT molecular complexity index is 695. The van der Waals surface area contributed by atoms with E-state index < -0.39 is 0 Å². The number of carbonyl (C=O) groups is 1. The van der Waals surface area contributed by atoms with Gasteiger partial charge in [0, 0.05) is 18.3 Å². The lowest BCUT2D eigenvalue weighted by molar-refractivity contribution is -0.114. The highest BCUT2D eigenvalue weighted by Gasteiger charge is 2.10. The van der Waals surface area contributed by atoms with E-state index in [9.17, 15) is 4.79 Å². The zero-order chi connectivity index (χ0) is 17.4. The second-order valence-corrected chi connectivity index (χ2v) is 5.09.